The van der Waals surface area contributed by atoms with Gasteiger partial charge in [-0.15, -0.1) is 12.0 Å². The number of piperidine rings is 3. The van der Waals surface area contributed by atoms with Crippen LogP contribution in [0.25, 0.3) is 0 Å². The normalized spacial score (nSPS) is 33.4. The summed E-state index contributed by atoms with van der Waals surface area (Å²) < 4.78 is 26.3. The number of hydrogen-bond acceptors (Lipinski definition) is 18. The first-order valence-corrected chi connectivity index (χ1v) is 51.6. The highest BCUT2D eigenvalue weighted by molar-refractivity contribution is 14.1. The number of imide groups is 2. The summed E-state index contributed by atoms with van der Waals surface area (Å²) in [5.74, 6) is -0.101. The van der Waals surface area contributed by atoms with Crippen LogP contribution in [0.3, 0.4) is 0 Å². The van der Waals surface area contributed by atoms with Crippen molar-refractivity contribution >= 4 is 166 Å². The summed E-state index contributed by atoms with van der Waals surface area (Å²) in [6.07, 6.45) is 12.4. The second kappa shape index (κ2) is 41.7. The second-order valence-electron chi connectivity index (χ2n) is 43.1. The minimum Gasteiger partial charge on any atom is -1.00 e. The molecule has 4 aliphatic heterocycles. The molecule has 9 fully saturated rings. The fraction of sp³-hybridized carbons (Fsp3) is 0.588. The van der Waals surface area contributed by atoms with Crippen molar-refractivity contribution in [3.8, 4) is 23.8 Å². The quantitative estimate of drug-likeness (QED) is 0.0114. The lowest BCUT2D eigenvalue weighted by Gasteiger charge is -2.59. The van der Waals surface area contributed by atoms with E-state index in [1.807, 2.05) is 102 Å². The molecule has 129 heavy (non-hydrogen) atoms. The third kappa shape index (κ3) is 26.7. The molecule has 24 nitrogen and oxygen atoms in total. The van der Waals surface area contributed by atoms with Gasteiger partial charge in [0.05, 0.1) is 71.8 Å². The number of fused-ring (bicyclic) bond motifs is 8. The van der Waals surface area contributed by atoms with E-state index in [0.29, 0.717) is 75.2 Å². The minimum atomic E-state index is -1.67. The third-order valence-electron chi connectivity index (χ3n) is 27.0. The number of aliphatic hydroxyl groups is 1. The van der Waals surface area contributed by atoms with E-state index in [2.05, 4.69) is 171 Å². The fourth-order valence-corrected chi connectivity index (χ4v) is 25.2. The van der Waals surface area contributed by atoms with Gasteiger partial charge in [-0.25, -0.2) is 4.21 Å². The zero-order chi connectivity index (χ0) is 97.0. The lowest BCUT2D eigenvalue weighted by atomic mass is 9.51. The van der Waals surface area contributed by atoms with Crippen LogP contribution in [-0.4, -0.2) is 152 Å². The van der Waals surface area contributed by atoms with Crippen molar-refractivity contribution in [1.29, 1.82) is 0 Å². The summed E-state index contributed by atoms with van der Waals surface area (Å²) in [6.45, 7) is 39.2. The molecule has 0 radical (unpaired) electrons. The van der Waals surface area contributed by atoms with E-state index in [0.717, 1.165) is 64.8 Å². The van der Waals surface area contributed by atoms with Crippen LogP contribution in [0.4, 0.5) is 0 Å². The molecule has 12 atom stereocenters. The summed E-state index contributed by atoms with van der Waals surface area (Å²) in [6, 6.07) is 32.4. The first-order valence-electron chi connectivity index (χ1n) is 42.7. The van der Waals surface area contributed by atoms with Crippen molar-refractivity contribution < 1.29 is 115 Å². The highest BCUT2D eigenvalue weighted by Crippen LogP contribution is 2.63. The average molecular weight is 2130 g/mol. The Bertz CT molecular complexity index is 4870. The topological polar surface area (TPSA) is 368 Å². The Labute approximate surface area is 811 Å². The van der Waals surface area contributed by atoms with Gasteiger partial charge < -0.3 is 52.8 Å². The van der Waals surface area contributed by atoms with Crippen molar-refractivity contribution in [3.63, 3.8) is 0 Å². The number of rotatable bonds is 14. The molecule has 4 saturated heterocycles. The van der Waals surface area contributed by atoms with Crippen LogP contribution in [0, 0.1) is 112 Å². The maximum Gasteiger partial charge on any atom is 0.319 e. The number of likely N-dealkylation sites (tertiary alicyclic amines) is 3. The van der Waals surface area contributed by atoms with E-state index in [4.69, 9.17) is 36.4 Å². The number of cyclic esters (lactones) is 2. The van der Waals surface area contributed by atoms with Crippen LogP contribution < -0.4 is 18.1 Å². The number of nitrogens with zero attached hydrogens (tertiary/aromatic N) is 3. The van der Waals surface area contributed by atoms with Crippen LogP contribution in [0.1, 0.15) is 234 Å². The Hall–Kier alpha value is -6.69. The van der Waals surface area contributed by atoms with Gasteiger partial charge in [0.15, 0.2) is 0 Å². The lowest BCUT2D eigenvalue weighted by molar-refractivity contribution is -0.386. The Morgan fingerprint density at radius 3 is 1.05 bits per heavy atom. The molecular formula is C97H128Cl4I2N4O20SSi. The number of amides is 4. The summed E-state index contributed by atoms with van der Waals surface area (Å²) in [4.78, 5) is 153. The number of carbonyl (C=O) groups is 12. The summed E-state index contributed by atoms with van der Waals surface area (Å²) in [7, 11) is 8.62. The first-order chi connectivity index (χ1) is 58.6. The van der Waals surface area contributed by atoms with Gasteiger partial charge in [-0.3, -0.25) is 72.2 Å². The van der Waals surface area contributed by atoms with Crippen molar-refractivity contribution in [2.24, 2.45) is 81.2 Å². The van der Waals surface area contributed by atoms with Crippen LogP contribution in [0.2, 0.25) is 19.6 Å². The molecule has 8 unspecified atom stereocenters. The van der Waals surface area contributed by atoms with E-state index < -0.39 is 117 Å². The molecule has 4 aromatic rings. The molecule has 7 N–H and O–H groups in total. The standard InChI is InChI=1S/C25H33NO4Si.C21H29NO.C20H24INO4.C12H15ClO4.C12H18O6.C7H8IN.Cl2OS.ClH/c1-23-15-24(2,17-25(3,16-23)22(29)30-4)21(28)26(20(23)27)14-19-10-8-18(9-11-19)12-13-31(5,6)7;1-5-17-6-8-18(9-7-17)10-22-14-19(2)11-20(3,15-22)13-21(4,12-19)16-23;1-18-10-19(2,12-20(3,11-18)17(25)26-4)16(24)22(15(18)23)9-13-5-7-14(21)8-6-13;1-10(7(13)14)4-11(2)6-12(3,5-10)9(16)17-8(11)15;1-10(7(13)14)4-11(2,8(15)16)6-12(3,5-10)9(17)18;8-7-3-1-6(5-9)2-4-7;1-4(2)3;/h8-11H,14-17H2,1-7H3;1,6-9,23H,10-16H2,2-4H3;5-8H,9-12H2,1-4H3;4-6H2,1-3H3;4-6H2,1-3H3,(H,13,14)(H,15,16)(H,17,18);1-4H,5,9H2;;1H/t23-,24?,25?;19-,20?,21?;18-,19?,20?;10?,11-,12?;;;;/m1110..../s1. The SMILES string of the molecule is C#Cc1ccc(CN2CC3(C)CC(C)(CO)C[C@](C)(C2)C3)cc1.CC1(C(=O)Cl)CC2(C)C[C@](C)(C1)C(=O)OC2=O.CC1(C(=O)O)CC(C)(C(=O)O)CC(C)(C(=O)O)C1.COC(=O)C1(C)CC2(C)C[C@](C)(C1)C(=O)N(Cc1ccc(C#C[Si](C)(C)C)cc1)C2=O.COC(=O)C1(C)CC2(C)C[C@](C)(C1)C(=O)N(Cc1ccc(I)cc1)C2=O.O=S(Cl)Cl.[Cl-].[NH3+]Cc1ccc(I)cc1. The van der Waals surface area contributed by atoms with E-state index in [1.165, 1.54) is 65.9 Å². The van der Waals surface area contributed by atoms with Gasteiger partial charge in [-0.1, -0.05) is 135 Å². The molecule has 13 rings (SSSR count). The maximum atomic E-state index is 13.4. The zero-order valence-electron chi connectivity index (χ0n) is 77.9. The number of aliphatic carboxylic acids is 3. The van der Waals surface area contributed by atoms with Crippen LogP contribution >= 0.6 is 78.1 Å². The molecule has 5 aliphatic carbocycles. The summed E-state index contributed by atoms with van der Waals surface area (Å²) in [5.41, 5.74) is 3.05. The van der Waals surface area contributed by atoms with E-state index in [1.54, 1.807) is 20.8 Å². The van der Waals surface area contributed by atoms with Gasteiger partial charge in [-0.05, 0) is 283 Å². The number of aliphatic hydroxyl groups excluding tert-OH is 1. The molecule has 0 aromatic heterocycles. The highest BCUT2D eigenvalue weighted by atomic mass is 127. The van der Waals surface area contributed by atoms with Gasteiger partial charge in [0, 0.05) is 98.5 Å². The first kappa shape index (κ1) is 111. The van der Waals surface area contributed by atoms with Crippen molar-refractivity contribution in [2.45, 2.75) is 246 Å². The van der Waals surface area contributed by atoms with Gasteiger partial charge in [0.1, 0.15) is 8.07 Å². The average Bonchev–Trinajstić information content (AvgIpc) is 0.715. The Kier molecular flexibility index (Phi) is 35.9. The van der Waals surface area contributed by atoms with Gasteiger partial charge >= 0.3 is 41.8 Å². The number of halogens is 6. The number of benzene rings is 4. The van der Waals surface area contributed by atoms with E-state index in [-0.39, 0.29) is 85.7 Å². The van der Waals surface area contributed by atoms with Crippen LogP contribution in [-0.2, 0) is 107 Å². The zero-order valence-corrected chi connectivity index (χ0v) is 87.1. The van der Waals surface area contributed by atoms with Gasteiger partial charge in [0.25, 0.3) is 0 Å². The van der Waals surface area contributed by atoms with E-state index >= 15 is 0 Å². The predicted molar refractivity (Wildman–Crippen MR) is 509 cm³/mol. The van der Waals surface area contributed by atoms with Gasteiger partial charge in [0.2, 0.25) is 38.1 Å². The molecule has 4 amide bonds. The number of carboxylic acid groups (broad SMARTS) is 3. The Morgan fingerprint density at radius 2 is 0.760 bits per heavy atom. The Morgan fingerprint density at radius 1 is 0.465 bits per heavy atom. The number of terminal acetylenes is 1. The van der Waals surface area contributed by atoms with Crippen molar-refractivity contribution in [1.82, 2.24) is 14.7 Å². The van der Waals surface area contributed by atoms with Crippen LogP contribution in [0.15, 0.2) is 97.1 Å². The molecule has 4 aromatic carbocycles. The molecule has 8 bridgehead atoms. The smallest absolute Gasteiger partial charge is 0.319 e. The summed E-state index contributed by atoms with van der Waals surface area (Å²) in [5, 5.41) is 37.1. The lowest BCUT2D eigenvalue weighted by Crippen LogP contribution is -3.00. The molecule has 4 heterocycles. The maximum absolute atomic E-state index is 13.4. The molecule has 708 valence electrons. The number of carbonyl (C=O) groups excluding carboxylic acids is 9. The monoisotopic (exact) mass is 2120 g/mol. The largest absolute Gasteiger partial charge is 1.00 e. The molecule has 9 aliphatic rings. The summed E-state index contributed by atoms with van der Waals surface area (Å²) >= 11 is 10.1. The second-order valence-corrected chi connectivity index (χ2v) is 53.2. The highest BCUT2D eigenvalue weighted by Gasteiger charge is 2.67. The van der Waals surface area contributed by atoms with Crippen LogP contribution in [0.5, 0.6) is 0 Å². The number of quaternary nitrogens is 1. The third-order valence-corrected chi connectivity index (χ3v) is 29.7. The number of esters is 4. The fourth-order valence-electron chi connectivity index (χ4n) is 23.8. The van der Waals surface area contributed by atoms with Crippen molar-refractivity contribution in [3.05, 3.63) is 138 Å². The number of hydrogen-bond donors (Lipinski definition) is 5. The molecule has 5 saturated carbocycles. The molecule has 32 heteroatoms. The van der Waals surface area contributed by atoms with Crippen molar-refractivity contribution in [2.75, 3.05) is 33.9 Å². The molecule has 0 spiro atoms. The predicted octanol–water partition coefficient (Wildman–Crippen LogP) is 13.9. The Balaban J connectivity index is 0.000000242. The minimum absolute atomic E-state index is 0. The number of ether oxygens (including phenoxy) is 3. The number of methoxy groups -OCH3 is 2. The van der Waals surface area contributed by atoms with Gasteiger partial charge in [-0.2, -0.15) is 0 Å². The molecular weight excluding hydrogens is 2000 g/mol. The number of carboxylic acids is 3. The van der Waals surface area contributed by atoms with E-state index in [9.17, 15) is 78.0 Å².